The van der Waals surface area contributed by atoms with Gasteiger partial charge < -0.3 is 10.1 Å². The van der Waals surface area contributed by atoms with Crippen LogP contribution in [-0.2, 0) is 4.74 Å². The molecule has 0 radical (unpaired) electrons. The normalized spacial score (nSPS) is 15.8. The topological polar surface area (TPSA) is 54.5 Å². The molecule has 2 aromatic heterocycles. The van der Waals surface area contributed by atoms with Crippen molar-refractivity contribution in [2.45, 2.75) is 6.42 Å². The van der Waals surface area contributed by atoms with E-state index in [1.54, 1.807) is 11.3 Å². The first-order valence-corrected chi connectivity index (χ1v) is 9.21. The summed E-state index contributed by atoms with van der Waals surface area (Å²) < 4.78 is 5.32. The molecule has 0 spiro atoms. The third-order valence-electron chi connectivity index (χ3n) is 3.55. The number of thiophene rings is 1. The highest BCUT2D eigenvalue weighted by Crippen LogP contribution is 2.25. The Kier molecular flexibility index (Phi) is 5.55. The van der Waals surface area contributed by atoms with Gasteiger partial charge in [-0.15, -0.1) is 11.3 Å². The molecule has 22 heavy (non-hydrogen) atoms. The standard InChI is InChI=1S/C15H19N3O2S2/c19-14(16-3-1-4-18-5-7-20-8-6-18)13-11-22-15(17-13)12-2-9-21-10-12/h2,9-11H,1,3-8H2,(H,16,19). The number of amides is 1. The maximum absolute atomic E-state index is 12.1. The van der Waals surface area contributed by atoms with Crippen LogP contribution in [0.15, 0.2) is 22.2 Å². The fourth-order valence-electron chi connectivity index (χ4n) is 2.32. The minimum Gasteiger partial charge on any atom is -0.379 e. The van der Waals surface area contributed by atoms with Crippen molar-refractivity contribution in [3.63, 3.8) is 0 Å². The van der Waals surface area contributed by atoms with Crippen LogP contribution >= 0.6 is 22.7 Å². The number of ether oxygens (including phenoxy) is 1. The third-order valence-corrected chi connectivity index (χ3v) is 5.12. The van der Waals surface area contributed by atoms with Crippen molar-refractivity contribution in [3.05, 3.63) is 27.9 Å². The Morgan fingerprint density at radius 2 is 2.23 bits per heavy atom. The van der Waals surface area contributed by atoms with Crippen LogP contribution in [0.2, 0.25) is 0 Å². The number of hydrogen-bond donors (Lipinski definition) is 1. The lowest BCUT2D eigenvalue weighted by molar-refractivity contribution is 0.0374. The maximum atomic E-state index is 12.1. The number of morpholine rings is 1. The van der Waals surface area contributed by atoms with Gasteiger partial charge in [-0.1, -0.05) is 0 Å². The van der Waals surface area contributed by atoms with Gasteiger partial charge >= 0.3 is 0 Å². The second kappa shape index (κ2) is 7.82. The van der Waals surface area contributed by atoms with Crippen molar-refractivity contribution in [3.8, 4) is 10.6 Å². The molecule has 3 rings (SSSR count). The molecule has 5 nitrogen and oxygen atoms in total. The molecule has 1 aliphatic heterocycles. The summed E-state index contributed by atoms with van der Waals surface area (Å²) in [6, 6.07) is 2.02. The molecule has 1 aliphatic rings. The van der Waals surface area contributed by atoms with Crippen LogP contribution in [0.25, 0.3) is 10.6 Å². The van der Waals surface area contributed by atoms with E-state index in [9.17, 15) is 4.79 Å². The molecule has 0 atom stereocenters. The van der Waals surface area contributed by atoms with Crippen molar-refractivity contribution in [2.75, 3.05) is 39.4 Å². The fourth-order valence-corrected chi connectivity index (χ4v) is 3.83. The highest BCUT2D eigenvalue weighted by atomic mass is 32.1. The molecule has 0 bridgehead atoms. The van der Waals surface area contributed by atoms with E-state index in [1.807, 2.05) is 22.2 Å². The van der Waals surface area contributed by atoms with Gasteiger partial charge in [0.25, 0.3) is 5.91 Å². The number of nitrogens with one attached hydrogen (secondary N) is 1. The predicted octanol–water partition coefficient (Wildman–Crippen LogP) is 2.32. The van der Waals surface area contributed by atoms with Gasteiger partial charge in [0.05, 0.1) is 13.2 Å². The smallest absolute Gasteiger partial charge is 0.270 e. The quantitative estimate of drug-likeness (QED) is 0.822. The number of carbonyl (C=O) groups is 1. The number of aromatic nitrogens is 1. The van der Waals surface area contributed by atoms with E-state index in [-0.39, 0.29) is 5.91 Å². The van der Waals surface area contributed by atoms with Crippen LogP contribution < -0.4 is 5.32 Å². The summed E-state index contributed by atoms with van der Waals surface area (Å²) in [7, 11) is 0. The molecule has 1 amide bonds. The van der Waals surface area contributed by atoms with Gasteiger partial charge in [0.2, 0.25) is 0 Å². The van der Waals surface area contributed by atoms with Crippen LogP contribution in [0.5, 0.6) is 0 Å². The minimum absolute atomic E-state index is 0.0836. The highest BCUT2D eigenvalue weighted by molar-refractivity contribution is 7.14. The molecule has 7 heteroatoms. The summed E-state index contributed by atoms with van der Waals surface area (Å²) in [5.41, 5.74) is 1.60. The molecule has 2 aromatic rings. The Morgan fingerprint density at radius 1 is 1.36 bits per heavy atom. The first-order valence-electron chi connectivity index (χ1n) is 7.39. The number of nitrogens with zero attached hydrogens (tertiary/aromatic N) is 2. The van der Waals surface area contributed by atoms with Crippen LogP contribution in [0.4, 0.5) is 0 Å². The van der Waals surface area contributed by atoms with E-state index in [2.05, 4.69) is 15.2 Å². The Morgan fingerprint density at radius 3 is 3.00 bits per heavy atom. The Labute approximate surface area is 137 Å². The lowest BCUT2D eigenvalue weighted by Crippen LogP contribution is -2.38. The predicted molar refractivity (Wildman–Crippen MR) is 89.6 cm³/mol. The van der Waals surface area contributed by atoms with Crippen LogP contribution in [0.1, 0.15) is 16.9 Å². The summed E-state index contributed by atoms with van der Waals surface area (Å²) in [5.74, 6) is -0.0836. The first kappa shape index (κ1) is 15.6. The third kappa shape index (κ3) is 4.13. The van der Waals surface area contributed by atoms with Crippen LogP contribution in [-0.4, -0.2) is 55.2 Å². The molecule has 1 fully saturated rings. The van der Waals surface area contributed by atoms with Crippen LogP contribution in [0, 0.1) is 0 Å². The van der Waals surface area contributed by atoms with Gasteiger partial charge in [-0.3, -0.25) is 9.69 Å². The van der Waals surface area contributed by atoms with E-state index in [0.717, 1.165) is 49.8 Å². The molecule has 3 heterocycles. The molecule has 0 saturated carbocycles. The molecule has 118 valence electrons. The summed E-state index contributed by atoms with van der Waals surface area (Å²) in [5, 5.41) is 9.73. The Hall–Kier alpha value is -1.28. The summed E-state index contributed by atoms with van der Waals surface area (Å²) in [4.78, 5) is 18.9. The molecular formula is C15H19N3O2S2. The SMILES string of the molecule is O=C(NCCCN1CCOCC1)c1csc(-c2ccsc2)n1. The van der Waals surface area contributed by atoms with Crippen LogP contribution in [0.3, 0.4) is 0 Å². The second-order valence-corrected chi connectivity index (χ2v) is 6.75. The van der Waals surface area contributed by atoms with E-state index in [0.29, 0.717) is 12.2 Å². The number of carbonyl (C=O) groups excluding carboxylic acids is 1. The minimum atomic E-state index is -0.0836. The van der Waals surface area contributed by atoms with Crippen molar-refractivity contribution in [1.82, 2.24) is 15.2 Å². The van der Waals surface area contributed by atoms with E-state index < -0.39 is 0 Å². The zero-order valence-electron chi connectivity index (χ0n) is 12.3. The molecule has 1 N–H and O–H groups in total. The Balaban J connectivity index is 1.42. The lowest BCUT2D eigenvalue weighted by atomic mass is 10.3. The molecular weight excluding hydrogens is 318 g/mol. The van der Waals surface area contributed by atoms with Crippen molar-refractivity contribution < 1.29 is 9.53 Å². The van der Waals surface area contributed by atoms with Gasteiger partial charge in [0.15, 0.2) is 0 Å². The highest BCUT2D eigenvalue weighted by Gasteiger charge is 2.13. The zero-order chi connectivity index (χ0) is 15.2. The summed E-state index contributed by atoms with van der Waals surface area (Å²) in [6.07, 6.45) is 0.952. The largest absolute Gasteiger partial charge is 0.379 e. The van der Waals surface area contributed by atoms with Crippen molar-refractivity contribution >= 4 is 28.6 Å². The lowest BCUT2D eigenvalue weighted by Gasteiger charge is -2.26. The van der Waals surface area contributed by atoms with Gasteiger partial charge in [0.1, 0.15) is 10.7 Å². The fraction of sp³-hybridized carbons (Fsp3) is 0.467. The second-order valence-electron chi connectivity index (χ2n) is 5.11. The molecule has 0 aliphatic carbocycles. The number of rotatable bonds is 6. The monoisotopic (exact) mass is 337 g/mol. The molecule has 1 saturated heterocycles. The average Bonchev–Trinajstić information content (AvgIpc) is 3.22. The van der Waals surface area contributed by atoms with Crippen molar-refractivity contribution in [2.24, 2.45) is 0 Å². The van der Waals surface area contributed by atoms with E-state index in [4.69, 9.17) is 4.74 Å². The number of hydrogen-bond acceptors (Lipinski definition) is 6. The van der Waals surface area contributed by atoms with E-state index >= 15 is 0 Å². The van der Waals surface area contributed by atoms with Gasteiger partial charge in [-0.25, -0.2) is 4.98 Å². The molecule has 0 unspecified atom stereocenters. The van der Waals surface area contributed by atoms with Gasteiger partial charge in [0, 0.05) is 36.0 Å². The number of thiazole rings is 1. The summed E-state index contributed by atoms with van der Waals surface area (Å²) >= 11 is 3.15. The van der Waals surface area contributed by atoms with E-state index in [1.165, 1.54) is 11.3 Å². The van der Waals surface area contributed by atoms with Gasteiger partial charge in [-0.05, 0) is 24.4 Å². The Bertz CT molecular complexity index is 592. The average molecular weight is 337 g/mol. The van der Waals surface area contributed by atoms with Gasteiger partial charge in [-0.2, -0.15) is 11.3 Å². The van der Waals surface area contributed by atoms with Crippen molar-refractivity contribution in [1.29, 1.82) is 0 Å². The molecule has 0 aromatic carbocycles. The first-order chi connectivity index (χ1) is 10.8. The summed E-state index contributed by atoms with van der Waals surface area (Å²) in [6.45, 7) is 5.30. The maximum Gasteiger partial charge on any atom is 0.270 e. The zero-order valence-corrected chi connectivity index (χ0v) is 13.9.